The Labute approximate surface area is 116 Å². The summed E-state index contributed by atoms with van der Waals surface area (Å²) in [6, 6.07) is 5.92. The zero-order valence-corrected chi connectivity index (χ0v) is 11.3. The SMILES string of the molecule is ClCc1c(Cl)cccc1N1CCn2ccnc2C1. The van der Waals surface area contributed by atoms with Crippen LogP contribution in [0.2, 0.25) is 5.02 Å². The maximum Gasteiger partial charge on any atom is 0.128 e. The molecule has 0 aliphatic carbocycles. The van der Waals surface area contributed by atoms with Gasteiger partial charge in [0, 0.05) is 41.8 Å². The average Bonchev–Trinajstić information content (AvgIpc) is 2.85. The molecule has 0 fully saturated rings. The number of alkyl halides is 1. The largest absolute Gasteiger partial charge is 0.362 e. The van der Waals surface area contributed by atoms with Gasteiger partial charge in [-0.15, -0.1) is 11.6 Å². The molecule has 0 radical (unpaired) electrons. The normalized spacial score (nSPS) is 14.7. The monoisotopic (exact) mass is 281 g/mol. The van der Waals surface area contributed by atoms with Crippen molar-refractivity contribution in [3.05, 3.63) is 47.0 Å². The Morgan fingerprint density at radius 3 is 3.00 bits per heavy atom. The highest BCUT2D eigenvalue weighted by Gasteiger charge is 2.19. The molecule has 0 amide bonds. The van der Waals surface area contributed by atoms with Crippen molar-refractivity contribution in [2.45, 2.75) is 19.0 Å². The Balaban J connectivity index is 1.95. The molecule has 0 bridgehead atoms. The van der Waals surface area contributed by atoms with E-state index in [0.29, 0.717) is 5.88 Å². The van der Waals surface area contributed by atoms with Crippen LogP contribution in [0.5, 0.6) is 0 Å². The predicted molar refractivity (Wildman–Crippen MR) is 74.3 cm³/mol. The molecule has 0 saturated carbocycles. The summed E-state index contributed by atoms with van der Waals surface area (Å²) < 4.78 is 2.18. The van der Waals surface area contributed by atoms with E-state index in [2.05, 4.69) is 20.5 Å². The Kier molecular flexibility index (Phi) is 3.18. The van der Waals surface area contributed by atoms with Crippen molar-refractivity contribution < 1.29 is 0 Å². The zero-order valence-electron chi connectivity index (χ0n) is 9.81. The van der Waals surface area contributed by atoms with Crippen LogP contribution in [0.15, 0.2) is 30.6 Å². The van der Waals surface area contributed by atoms with E-state index in [1.54, 1.807) is 0 Å². The average molecular weight is 282 g/mol. The van der Waals surface area contributed by atoms with Gasteiger partial charge in [0.1, 0.15) is 5.82 Å². The molecule has 1 aromatic heterocycles. The lowest BCUT2D eigenvalue weighted by Crippen LogP contribution is -2.34. The van der Waals surface area contributed by atoms with Gasteiger partial charge in [-0.2, -0.15) is 0 Å². The number of fused-ring (bicyclic) bond motifs is 1. The van der Waals surface area contributed by atoms with Crippen LogP contribution in [0.1, 0.15) is 11.4 Å². The van der Waals surface area contributed by atoms with Crippen molar-refractivity contribution in [1.82, 2.24) is 9.55 Å². The second-order valence-corrected chi connectivity index (χ2v) is 5.00. The van der Waals surface area contributed by atoms with Crippen molar-refractivity contribution in [3.63, 3.8) is 0 Å². The summed E-state index contributed by atoms with van der Waals surface area (Å²) in [7, 11) is 0. The van der Waals surface area contributed by atoms with E-state index in [0.717, 1.165) is 41.7 Å². The molecule has 2 aromatic rings. The molecular formula is C13H13Cl2N3. The number of anilines is 1. The summed E-state index contributed by atoms with van der Waals surface area (Å²) >= 11 is 12.2. The van der Waals surface area contributed by atoms with Crippen LogP contribution in [0, 0.1) is 0 Å². The van der Waals surface area contributed by atoms with Gasteiger partial charge in [-0.3, -0.25) is 0 Å². The van der Waals surface area contributed by atoms with Gasteiger partial charge in [-0.25, -0.2) is 4.98 Å². The van der Waals surface area contributed by atoms with Crippen molar-refractivity contribution >= 4 is 28.9 Å². The standard InChI is InChI=1S/C13H13Cl2N3/c14-8-10-11(15)2-1-3-12(10)18-7-6-17-5-4-16-13(17)9-18/h1-5H,6-9H2. The van der Waals surface area contributed by atoms with Crippen LogP contribution in [0.4, 0.5) is 5.69 Å². The number of hydrogen-bond acceptors (Lipinski definition) is 2. The third-order valence-corrected chi connectivity index (χ3v) is 3.93. The Hall–Kier alpha value is -1.19. The Morgan fingerprint density at radius 1 is 1.28 bits per heavy atom. The molecule has 0 atom stereocenters. The molecule has 94 valence electrons. The van der Waals surface area contributed by atoms with Crippen LogP contribution in [-0.2, 0) is 19.0 Å². The van der Waals surface area contributed by atoms with E-state index < -0.39 is 0 Å². The first kappa shape index (κ1) is 11.9. The second kappa shape index (κ2) is 4.82. The summed E-state index contributed by atoms with van der Waals surface area (Å²) in [5, 5.41) is 0.733. The van der Waals surface area contributed by atoms with Gasteiger partial charge in [0.2, 0.25) is 0 Å². The van der Waals surface area contributed by atoms with Gasteiger partial charge >= 0.3 is 0 Å². The van der Waals surface area contributed by atoms with Crippen LogP contribution in [0.25, 0.3) is 0 Å². The van der Waals surface area contributed by atoms with E-state index in [9.17, 15) is 0 Å². The van der Waals surface area contributed by atoms with Crippen molar-refractivity contribution in [2.24, 2.45) is 0 Å². The van der Waals surface area contributed by atoms with Crippen LogP contribution in [-0.4, -0.2) is 16.1 Å². The smallest absolute Gasteiger partial charge is 0.128 e. The lowest BCUT2D eigenvalue weighted by molar-refractivity contribution is 0.559. The van der Waals surface area contributed by atoms with Gasteiger partial charge in [-0.1, -0.05) is 17.7 Å². The van der Waals surface area contributed by atoms with Gasteiger partial charge in [0.05, 0.1) is 12.4 Å². The molecule has 0 N–H and O–H groups in total. The van der Waals surface area contributed by atoms with Crippen LogP contribution in [0.3, 0.4) is 0 Å². The fourth-order valence-corrected chi connectivity index (χ4v) is 2.94. The molecule has 0 spiro atoms. The molecule has 5 heteroatoms. The van der Waals surface area contributed by atoms with E-state index >= 15 is 0 Å². The van der Waals surface area contributed by atoms with Gasteiger partial charge in [0.25, 0.3) is 0 Å². The lowest BCUT2D eigenvalue weighted by atomic mass is 10.1. The molecule has 0 unspecified atom stereocenters. The fraction of sp³-hybridized carbons (Fsp3) is 0.308. The molecule has 1 aromatic carbocycles. The van der Waals surface area contributed by atoms with E-state index in [4.69, 9.17) is 23.2 Å². The summed E-state index contributed by atoms with van der Waals surface area (Å²) in [6.45, 7) is 2.70. The Morgan fingerprint density at radius 2 is 2.17 bits per heavy atom. The minimum absolute atomic E-state index is 0.431. The quantitative estimate of drug-likeness (QED) is 0.788. The van der Waals surface area contributed by atoms with Crippen LogP contribution >= 0.6 is 23.2 Å². The molecule has 2 heterocycles. The van der Waals surface area contributed by atoms with Gasteiger partial charge < -0.3 is 9.47 Å². The maximum absolute atomic E-state index is 6.20. The summed E-state index contributed by atoms with van der Waals surface area (Å²) in [6.07, 6.45) is 3.87. The number of aromatic nitrogens is 2. The van der Waals surface area contributed by atoms with Crippen molar-refractivity contribution in [3.8, 4) is 0 Å². The summed E-state index contributed by atoms with van der Waals surface area (Å²) in [4.78, 5) is 6.65. The summed E-state index contributed by atoms with van der Waals surface area (Å²) in [5.74, 6) is 1.52. The van der Waals surface area contributed by atoms with Gasteiger partial charge in [-0.05, 0) is 12.1 Å². The van der Waals surface area contributed by atoms with Crippen molar-refractivity contribution in [1.29, 1.82) is 0 Å². The zero-order chi connectivity index (χ0) is 12.5. The summed E-state index contributed by atoms with van der Waals surface area (Å²) in [5.41, 5.74) is 2.12. The minimum Gasteiger partial charge on any atom is -0.362 e. The molecular weight excluding hydrogens is 269 g/mol. The van der Waals surface area contributed by atoms with E-state index in [1.165, 1.54) is 0 Å². The van der Waals surface area contributed by atoms with Crippen molar-refractivity contribution in [2.75, 3.05) is 11.4 Å². The molecule has 1 aliphatic rings. The number of rotatable bonds is 2. The first-order valence-corrected chi connectivity index (χ1v) is 6.79. The highest BCUT2D eigenvalue weighted by Crippen LogP contribution is 2.30. The highest BCUT2D eigenvalue weighted by molar-refractivity contribution is 6.32. The first-order chi connectivity index (χ1) is 8.79. The molecule has 0 saturated heterocycles. The number of benzene rings is 1. The van der Waals surface area contributed by atoms with E-state index in [1.807, 2.05) is 24.5 Å². The number of halogens is 2. The number of hydrogen-bond donors (Lipinski definition) is 0. The lowest BCUT2D eigenvalue weighted by Gasteiger charge is -2.31. The highest BCUT2D eigenvalue weighted by atomic mass is 35.5. The third kappa shape index (κ3) is 1.98. The third-order valence-electron chi connectivity index (χ3n) is 3.31. The van der Waals surface area contributed by atoms with Gasteiger partial charge in [0.15, 0.2) is 0 Å². The number of imidazole rings is 1. The molecule has 1 aliphatic heterocycles. The molecule has 3 nitrogen and oxygen atoms in total. The minimum atomic E-state index is 0.431. The van der Waals surface area contributed by atoms with E-state index in [-0.39, 0.29) is 0 Å². The maximum atomic E-state index is 6.20. The number of nitrogens with zero attached hydrogens (tertiary/aromatic N) is 3. The first-order valence-electron chi connectivity index (χ1n) is 5.88. The molecule has 18 heavy (non-hydrogen) atoms. The molecule has 3 rings (SSSR count). The second-order valence-electron chi connectivity index (χ2n) is 4.33. The topological polar surface area (TPSA) is 21.1 Å². The predicted octanol–water partition coefficient (Wildman–Crippen LogP) is 3.30. The fourth-order valence-electron chi connectivity index (χ4n) is 2.35. The van der Waals surface area contributed by atoms with Crippen LogP contribution < -0.4 is 4.90 Å². The Bertz CT molecular complexity index is 565.